The summed E-state index contributed by atoms with van der Waals surface area (Å²) in [7, 11) is 3.48. The van der Waals surface area contributed by atoms with Gasteiger partial charge in [-0.15, -0.1) is 11.3 Å². The van der Waals surface area contributed by atoms with Crippen molar-refractivity contribution >= 4 is 17.2 Å². The van der Waals surface area contributed by atoms with E-state index in [1.807, 2.05) is 50.4 Å². The van der Waals surface area contributed by atoms with E-state index in [1.165, 1.54) is 11.3 Å². The molecule has 0 fully saturated rings. The zero-order chi connectivity index (χ0) is 16.7. The molecule has 1 heterocycles. The van der Waals surface area contributed by atoms with Crippen molar-refractivity contribution in [3.05, 3.63) is 41.3 Å². The van der Waals surface area contributed by atoms with Crippen LogP contribution in [0.4, 0.5) is 0 Å². The lowest BCUT2D eigenvalue weighted by Crippen LogP contribution is -2.28. The highest BCUT2D eigenvalue weighted by molar-refractivity contribution is 7.17. The summed E-state index contributed by atoms with van der Waals surface area (Å²) in [4.78, 5) is 16.1. The smallest absolute Gasteiger partial charge is 0.267 e. The van der Waals surface area contributed by atoms with Crippen molar-refractivity contribution < 1.29 is 14.3 Å². The third-order valence-electron chi connectivity index (χ3n) is 3.44. The van der Waals surface area contributed by atoms with Gasteiger partial charge < -0.3 is 14.4 Å². The first kappa shape index (κ1) is 17.5. The first-order chi connectivity index (χ1) is 11.2. The van der Waals surface area contributed by atoms with Crippen molar-refractivity contribution in [3.8, 4) is 16.2 Å². The van der Waals surface area contributed by atoms with E-state index in [-0.39, 0.29) is 5.91 Å². The molecule has 1 amide bonds. The number of amides is 1. The Kier molecular flexibility index (Phi) is 6.62. The van der Waals surface area contributed by atoms with Gasteiger partial charge in [0.1, 0.15) is 10.6 Å². The molecule has 1 aromatic heterocycles. The number of methoxy groups -OCH3 is 1. The third kappa shape index (κ3) is 4.56. The molecular weight excluding hydrogens is 310 g/mol. The minimum atomic E-state index is -0.00302. The summed E-state index contributed by atoms with van der Waals surface area (Å²) in [5.41, 5.74) is 1.10. The Hall–Kier alpha value is -1.85. The Morgan fingerprint density at radius 1 is 1.26 bits per heavy atom. The average molecular weight is 333 g/mol. The molecule has 0 aliphatic carbocycles. The zero-order valence-corrected chi connectivity index (χ0v) is 14.7. The van der Waals surface area contributed by atoms with Gasteiger partial charge in [-0.25, -0.2) is 0 Å². The molecule has 2 rings (SSSR count). The summed E-state index contributed by atoms with van der Waals surface area (Å²) in [6.07, 6.45) is 0.819. The van der Waals surface area contributed by atoms with Crippen molar-refractivity contribution in [1.82, 2.24) is 4.90 Å². The van der Waals surface area contributed by atoms with Crippen molar-refractivity contribution in [2.24, 2.45) is 0 Å². The number of benzene rings is 1. The van der Waals surface area contributed by atoms with Crippen LogP contribution in [0.5, 0.6) is 5.75 Å². The molecule has 0 unspecified atom stereocenters. The highest BCUT2D eigenvalue weighted by Crippen LogP contribution is 2.37. The van der Waals surface area contributed by atoms with E-state index >= 15 is 0 Å². The monoisotopic (exact) mass is 333 g/mol. The van der Waals surface area contributed by atoms with E-state index in [2.05, 4.69) is 0 Å². The van der Waals surface area contributed by atoms with Crippen LogP contribution < -0.4 is 4.74 Å². The van der Waals surface area contributed by atoms with Crippen molar-refractivity contribution in [1.29, 1.82) is 0 Å². The molecule has 0 aliphatic rings. The fourth-order valence-electron chi connectivity index (χ4n) is 2.25. The predicted octanol–water partition coefficient (Wildman–Crippen LogP) is 3.92. The lowest BCUT2D eigenvalue weighted by Gasteiger charge is -2.16. The molecule has 4 nitrogen and oxygen atoms in total. The number of thiophene rings is 1. The fraction of sp³-hybridized carbons (Fsp3) is 0.389. The second-order valence-electron chi connectivity index (χ2n) is 5.18. The maximum Gasteiger partial charge on any atom is 0.267 e. The van der Waals surface area contributed by atoms with Gasteiger partial charge in [-0.3, -0.25) is 4.79 Å². The third-order valence-corrected chi connectivity index (χ3v) is 4.59. The molecule has 124 valence electrons. The first-order valence-corrected chi connectivity index (χ1v) is 8.55. The number of rotatable bonds is 8. The van der Waals surface area contributed by atoms with Crippen LogP contribution >= 0.6 is 11.3 Å². The van der Waals surface area contributed by atoms with Crippen LogP contribution in [-0.4, -0.2) is 44.7 Å². The quantitative estimate of drug-likeness (QED) is 0.687. The highest BCUT2D eigenvalue weighted by Gasteiger charge is 2.21. The molecule has 0 saturated carbocycles. The molecule has 0 saturated heterocycles. The summed E-state index contributed by atoms with van der Waals surface area (Å²) in [6.45, 7) is 3.78. The molecule has 0 spiro atoms. The van der Waals surface area contributed by atoms with Crippen LogP contribution in [0.3, 0.4) is 0 Å². The maximum absolute atomic E-state index is 12.7. The summed E-state index contributed by atoms with van der Waals surface area (Å²) in [6, 6.07) is 12.0. The van der Waals surface area contributed by atoms with E-state index in [9.17, 15) is 4.79 Å². The second kappa shape index (κ2) is 8.70. The largest absolute Gasteiger partial charge is 0.492 e. The van der Waals surface area contributed by atoms with Crippen LogP contribution in [0, 0.1) is 0 Å². The molecule has 23 heavy (non-hydrogen) atoms. The van der Waals surface area contributed by atoms with Gasteiger partial charge in [0.05, 0.1) is 6.61 Å². The fourth-order valence-corrected chi connectivity index (χ4v) is 3.35. The van der Waals surface area contributed by atoms with E-state index in [1.54, 1.807) is 12.0 Å². The normalized spacial score (nSPS) is 10.6. The summed E-state index contributed by atoms with van der Waals surface area (Å²) in [5, 5.41) is 0. The highest BCUT2D eigenvalue weighted by atomic mass is 32.1. The van der Waals surface area contributed by atoms with Crippen LogP contribution in [0.15, 0.2) is 36.4 Å². The van der Waals surface area contributed by atoms with Crippen LogP contribution in [0.1, 0.15) is 23.0 Å². The van der Waals surface area contributed by atoms with Gasteiger partial charge in [-0.1, -0.05) is 30.3 Å². The molecule has 0 aliphatic heterocycles. The Balaban J connectivity index is 2.22. The van der Waals surface area contributed by atoms with Crippen LogP contribution in [0.25, 0.3) is 10.4 Å². The van der Waals surface area contributed by atoms with E-state index in [4.69, 9.17) is 9.47 Å². The summed E-state index contributed by atoms with van der Waals surface area (Å²) >= 11 is 1.48. The van der Waals surface area contributed by atoms with Crippen LogP contribution in [-0.2, 0) is 4.74 Å². The van der Waals surface area contributed by atoms with Gasteiger partial charge in [0, 0.05) is 32.2 Å². The van der Waals surface area contributed by atoms with Gasteiger partial charge >= 0.3 is 0 Å². The number of nitrogens with zero attached hydrogens (tertiary/aromatic N) is 1. The Bertz CT molecular complexity index is 624. The van der Waals surface area contributed by atoms with Gasteiger partial charge in [0.15, 0.2) is 0 Å². The molecule has 0 atom stereocenters. The molecule has 2 aromatic rings. The summed E-state index contributed by atoms with van der Waals surface area (Å²) < 4.78 is 10.7. The van der Waals surface area contributed by atoms with Gasteiger partial charge in [-0.05, 0) is 25.0 Å². The van der Waals surface area contributed by atoms with Gasteiger partial charge in [0.25, 0.3) is 5.91 Å². The SMILES string of the molecule is CCOc1cc(-c2ccccc2)sc1C(=O)N(C)CCCOC. The van der Waals surface area contributed by atoms with Crippen molar-refractivity contribution in [2.45, 2.75) is 13.3 Å². The van der Waals surface area contributed by atoms with Crippen LogP contribution in [0.2, 0.25) is 0 Å². The lowest BCUT2D eigenvalue weighted by molar-refractivity contribution is 0.0780. The second-order valence-corrected chi connectivity index (χ2v) is 6.23. The van der Waals surface area contributed by atoms with E-state index < -0.39 is 0 Å². The number of hydrogen-bond acceptors (Lipinski definition) is 4. The molecule has 1 aromatic carbocycles. The van der Waals surface area contributed by atoms with Gasteiger partial charge in [-0.2, -0.15) is 0 Å². The zero-order valence-electron chi connectivity index (χ0n) is 13.9. The Morgan fingerprint density at radius 2 is 2.00 bits per heavy atom. The molecule has 0 radical (unpaired) electrons. The van der Waals surface area contributed by atoms with E-state index in [0.29, 0.717) is 30.4 Å². The minimum absolute atomic E-state index is 0.00302. The lowest BCUT2D eigenvalue weighted by atomic mass is 10.2. The number of carbonyl (C=O) groups is 1. The Labute approximate surface area is 141 Å². The van der Waals surface area contributed by atoms with Crippen molar-refractivity contribution in [3.63, 3.8) is 0 Å². The number of carbonyl (C=O) groups excluding carboxylic acids is 1. The first-order valence-electron chi connectivity index (χ1n) is 7.73. The molecular formula is C18H23NO3S. The average Bonchev–Trinajstić information content (AvgIpc) is 2.99. The Morgan fingerprint density at radius 3 is 2.65 bits per heavy atom. The molecule has 0 N–H and O–H groups in total. The van der Waals surface area contributed by atoms with Gasteiger partial charge in [0.2, 0.25) is 0 Å². The predicted molar refractivity (Wildman–Crippen MR) is 94.4 cm³/mol. The molecule has 0 bridgehead atoms. The standard InChI is InChI=1S/C18H23NO3S/c1-4-22-15-13-16(14-9-6-5-7-10-14)23-17(15)18(20)19(2)11-8-12-21-3/h5-7,9-10,13H,4,8,11-12H2,1-3H3. The number of ether oxygens (including phenoxy) is 2. The minimum Gasteiger partial charge on any atom is -0.492 e. The molecule has 5 heteroatoms. The van der Waals surface area contributed by atoms with E-state index in [0.717, 1.165) is 16.9 Å². The number of hydrogen-bond donors (Lipinski definition) is 0. The summed E-state index contributed by atoms with van der Waals surface area (Å²) in [5.74, 6) is 0.664. The van der Waals surface area contributed by atoms with Crippen molar-refractivity contribution in [2.75, 3.05) is 33.9 Å². The topological polar surface area (TPSA) is 38.8 Å². The maximum atomic E-state index is 12.7.